The summed E-state index contributed by atoms with van der Waals surface area (Å²) in [6.07, 6.45) is 1.77. The SMILES string of the molecule is Cc1ccccc1-c1ncc(CC(C)O)o1. The second kappa shape index (κ2) is 4.49. The van der Waals surface area contributed by atoms with Crippen LogP contribution < -0.4 is 0 Å². The lowest BCUT2D eigenvalue weighted by molar-refractivity contribution is 0.187. The Hall–Kier alpha value is -1.61. The number of aliphatic hydroxyl groups is 1. The fourth-order valence-electron chi connectivity index (χ4n) is 1.63. The minimum absolute atomic E-state index is 0.405. The molecule has 0 radical (unpaired) electrons. The Morgan fingerprint density at radius 3 is 2.81 bits per heavy atom. The molecule has 0 aliphatic rings. The zero-order chi connectivity index (χ0) is 11.5. The Morgan fingerprint density at radius 1 is 1.38 bits per heavy atom. The standard InChI is InChI=1S/C13H15NO2/c1-9-5-3-4-6-12(9)13-14-8-11(16-13)7-10(2)15/h3-6,8,10,15H,7H2,1-2H3. The van der Waals surface area contributed by atoms with Gasteiger partial charge in [0.1, 0.15) is 5.76 Å². The van der Waals surface area contributed by atoms with Crippen molar-refractivity contribution in [3.05, 3.63) is 41.8 Å². The number of nitrogens with zero attached hydrogens (tertiary/aromatic N) is 1. The molecule has 3 heteroatoms. The number of hydrogen-bond acceptors (Lipinski definition) is 3. The van der Waals surface area contributed by atoms with E-state index in [0.717, 1.165) is 11.1 Å². The molecule has 0 saturated heterocycles. The third-order valence-corrected chi connectivity index (χ3v) is 2.43. The van der Waals surface area contributed by atoms with Crippen molar-refractivity contribution in [3.8, 4) is 11.5 Å². The van der Waals surface area contributed by atoms with Crippen molar-refractivity contribution in [1.29, 1.82) is 0 Å². The molecule has 0 amide bonds. The highest BCUT2D eigenvalue weighted by Crippen LogP contribution is 2.22. The van der Waals surface area contributed by atoms with Crippen molar-refractivity contribution in [3.63, 3.8) is 0 Å². The van der Waals surface area contributed by atoms with Gasteiger partial charge in [0.2, 0.25) is 5.89 Å². The van der Waals surface area contributed by atoms with E-state index in [0.29, 0.717) is 18.1 Å². The zero-order valence-electron chi connectivity index (χ0n) is 9.47. The fourth-order valence-corrected chi connectivity index (χ4v) is 1.63. The largest absolute Gasteiger partial charge is 0.441 e. The fraction of sp³-hybridized carbons (Fsp3) is 0.308. The maximum Gasteiger partial charge on any atom is 0.226 e. The Labute approximate surface area is 94.8 Å². The molecule has 1 aromatic carbocycles. The Morgan fingerprint density at radius 2 is 2.12 bits per heavy atom. The van der Waals surface area contributed by atoms with Crippen LogP contribution in [0.15, 0.2) is 34.9 Å². The van der Waals surface area contributed by atoms with Crippen LogP contribution in [0, 0.1) is 6.92 Å². The van der Waals surface area contributed by atoms with Crippen LogP contribution in [0.4, 0.5) is 0 Å². The number of hydrogen-bond donors (Lipinski definition) is 1. The molecule has 2 rings (SSSR count). The van der Waals surface area contributed by atoms with Gasteiger partial charge in [0.25, 0.3) is 0 Å². The van der Waals surface area contributed by atoms with Crippen LogP contribution in [0.1, 0.15) is 18.2 Å². The van der Waals surface area contributed by atoms with E-state index in [-0.39, 0.29) is 0 Å². The summed E-state index contributed by atoms with van der Waals surface area (Å²) in [5.41, 5.74) is 2.13. The van der Waals surface area contributed by atoms with Gasteiger partial charge in [0.15, 0.2) is 0 Å². The van der Waals surface area contributed by atoms with Crippen LogP contribution in [0.5, 0.6) is 0 Å². The van der Waals surface area contributed by atoms with Gasteiger partial charge < -0.3 is 9.52 Å². The van der Waals surface area contributed by atoms with Gasteiger partial charge in [-0.25, -0.2) is 4.98 Å². The first-order valence-corrected chi connectivity index (χ1v) is 5.35. The summed E-state index contributed by atoms with van der Waals surface area (Å²) in [5.74, 6) is 1.34. The van der Waals surface area contributed by atoms with E-state index in [1.165, 1.54) is 0 Å². The quantitative estimate of drug-likeness (QED) is 0.859. The van der Waals surface area contributed by atoms with Crippen molar-refractivity contribution in [2.24, 2.45) is 0 Å². The van der Waals surface area contributed by atoms with E-state index in [1.54, 1.807) is 13.1 Å². The molecular formula is C13H15NO2. The molecule has 0 spiro atoms. The van der Waals surface area contributed by atoms with Gasteiger partial charge in [-0.05, 0) is 25.5 Å². The molecule has 0 bridgehead atoms. The van der Waals surface area contributed by atoms with Crippen LogP contribution in [0.3, 0.4) is 0 Å². The van der Waals surface area contributed by atoms with E-state index in [9.17, 15) is 5.11 Å². The van der Waals surface area contributed by atoms with Gasteiger partial charge in [0, 0.05) is 12.0 Å². The van der Waals surface area contributed by atoms with Crippen LogP contribution in [0.2, 0.25) is 0 Å². The summed E-state index contributed by atoms with van der Waals surface area (Å²) in [4.78, 5) is 4.22. The first-order valence-electron chi connectivity index (χ1n) is 5.35. The molecule has 84 valence electrons. The third kappa shape index (κ3) is 2.31. The first kappa shape index (κ1) is 10.9. The molecule has 1 heterocycles. The second-order valence-corrected chi connectivity index (χ2v) is 4.00. The average Bonchev–Trinajstić information content (AvgIpc) is 2.66. The molecule has 0 aliphatic carbocycles. The molecule has 1 unspecified atom stereocenters. The second-order valence-electron chi connectivity index (χ2n) is 4.00. The Balaban J connectivity index is 2.28. The van der Waals surface area contributed by atoms with Gasteiger partial charge in [-0.1, -0.05) is 18.2 Å². The number of rotatable bonds is 3. The molecule has 1 atom stereocenters. The summed E-state index contributed by atoms with van der Waals surface area (Å²) in [5, 5.41) is 9.25. The van der Waals surface area contributed by atoms with Crippen LogP contribution >= 0.6 is 0 Å². The topological polar surface area (TPSA) is 46.3 Å². The lowest BCUT2D eigenvalue weighted by atomic mass is 10.1. The highest BCUT2D eigenvalue weighted by molar-refractivity contribution is 5.57. The van der Waals surface area contributed by atoms with E-state index in [2.05, 4.69) is 4.98 Å². The van der Waals surface area contributed by atoms with E-state index >= 15 is 0 Å². The molecular weight excluding hydrogens is 202 g/mol. The number of aliphatic hydroxyl groups excluding tert-OH is 1. The summed E-state index contributed by atoms with van der Waals surface area (Å²) >= 11 is 0. The van der Waals surface area contributed by atoms with Crippen LogP contribution in [0.25, 0.3) is 11.5 Å². The Bertz CT molecular complexity index is 474. The van der Waals surface area contributed by atoms with E-state index in [1.807, 2.05) is 31.2 Å². The van der Waals surface area contributed by atoms with Crippen molar-refractivity contribution in [2.75, 3.05) is 0 Å². The lowest BCUT2D eigenvalue weighted by Gasteiger charge is -2.01. The Kier molecular flexibility index (Phi) is 3.06. The number of aromatic nitrogens is 1. The summed E-state index contributed by atoms with van der Waals surface area (Å²) in [7, 11) is 0. The van der Waals surface area contributed by atoms with Crippen molar-refractivity contribution in [2.45, 2.75) is 26.4 Å². The first-order chi connectivity index (χ1) is 7.66. The van der Waals surface area contributed by atoms with Crippen molar-refractivity contribution < 1.29 is 9.52 Å². The number of benzene rings is 1. The number of oxazole rings is 1. The van der Waals surface area contributed by atoms with E-state index < -0.39 is 6.10 Å². The molecule has 2 aromatic rings. The van der Waals surface area contributed by atoms with Gasteiger partial charge in [-0.2, -0.15) is 0 Å². The highest BCUT2D eigenvalue weighted by Gasteiger charge is 2.09. The molecule has 16 heavy (non-hydrogen) atoms. The van der Waals surface area contributed by atoms with Gasteiger partial charge in [-0.15, -0.1) is 0 Å². The lowest BCUT2D eigenvalue weighted by Crippen LogP contribution is -2.02. The van der Waals surface area contributed by atoms with Gasteiger partial charge in [0.05, 0.1) is 12.3 Å². The van der Waals surface area contributed by atoms with E-state index in [4.69, 9.17) is 4.42 Å². The maximum absolute atomic E-state index is 9.25. The molecule has 3 nitrogen and oxygen atoms in total. The monoisotopic (exact) mass is 217 g/mol. The van der Waals surface area contributed by atoms with Crippen LogP contribution in [-0.4, -0.2) is 16.2 Å². The molecule has 1 N–H and O–H groups in total. The predicted molar refractivity (Wildman–Crippen MR) is 62.1 cm³/mol. The molecule has 1 aromatic heterocycles. The normalized spacial score (nSPS) is 12.7. The minimum Gasteiger partial charge on any atom is -0.441 e. The number of aryl methyl sites for hydroxylation is 1. The molecule has 0 fully saturated rings. The molecule has 0 saturated carbocycles. The average molecular weight is 217 g/mol. The maximum atomic E-state index is 9.25. The highest BCUT2D eigenvalue weighted by atomic mass is 16.4. The minimum atomic E-state index is -0.405. The van der Waals surface area contributed by atoms with Crippen molar-refractivity contribution in [1.82, 2.24) is 4.98 Å². The zero-order valence-corrected chi connectivity index (χ0v) is 9.47. The van der Waals surface area contributed by atoms with Crippen LogP contribution in [-0.2, 0) is 6.42 Å². The smallest absolute Gasteiger partial charge is 0.226 e. The summed E-state index contributed by atoms with van der Waals surface area (Å²) in [6, 6.07) is 7.94. The predicted octanol–water partition coefficient (Wildman–Crippen LogP) is 2.57. The van der Waals surface area contributed by atoms with Gasteiger partial charge in [-0.3, -0.25) is 0 Å². The summed E-state index contributed by atoms with van der Waals surface area (Å²) in [6.45, 7) is 3.75. The third-order valence-electron chi connectivity index (χ3n) is 2.43. The summed E-state index contributed by atoms with van der Waals surface area (Å²) < 4.78 is 5.59. The van der Waals surface area contributed by atoms with Crippen molar-refractivity contribution >= 4 is 0 Å². The molecule has 0 aliphatic heterocycles. The van der Waals surface area contributed by atoms with Gasteiger partial charge >= 0.3 is 0 Å².